The van der Waals surface area contributed by atoms with Gasteiger partial charge < -0.3 is 5.32 Å². The average Bonchev–Trinajstić information content (AvgIpc) is 2.68. The zero-order chi connectivity index (χ0) is 12.3. The molecule has 1 aromatic rings. The van der Waals surface area contributed by atoms with E-state index in [9.17, 15) is 13.2 Å². The lowest BCUT2D eigenvalue weighted by Gasteiger charge is -2.22. The van der Waals surface area contributed by atoms with Crippen molar-refractivity contribution in [3.63, 3.8) is 0 Å². The molecule has 2 rings (SSSR count). The van der Waals surface area contributed by atoms with E-state index in [1.54, 1.807) is 11.7 Å². The van der Waals surface area contributed by atoms with E-state index in [2.05, 4.69) is 10.3 Å². The second-order valence-corrected chi connectivity index (χ2v) is 7.35. The number of sulfone groups is 1. The molecule has 1 N–H and O–H groups in total. The fourth-order valence-electron chi connectivity index (χ4n) is 1.87. The molecule has 17 heavy (non-hydrogen) atoms. The maximum atomic E-state index is 11.7. The topological polar surface area (TPSA) is 76.1 Å². The number of Topliss-reactive ketones (excluding diaryl/α,β-unsaturated/α-hetero) is 1. The minimum Gasteiger partial charge on any atom is -0.312 e. The monoisotopic (exact) mass is 274 g/mol. The van der Waals surface area contributed by atoms with Gasteiger partial charge in [0.05, 0.1) is 17.0 Å². The summed E-state index contributed by atoms with van der Waals surface area (Å²) in [5, 5.41) is 3.07. The summed E-state index contributed by atoms with van der Waals surface area (Å²) in [7, 11) is -2.96. The first-order valence-electron chi connectivity index (χ1n) is 5.38. The number of hydrogen-bond acceptors (Lipinski definition) is 6. The summed E-state index contributed by atoms with van der Waals surface area (Å²) < 4.78 is 22.8. The van der Waals surface area contributed by atoms with Crippen molar-refractivity contribution in [3.8, 4) is 0 Å². The van der Waals surface area contributed by atoms with Gasteiger partial charge in [0.25, 0.3) is 0 Å². The summed E-state index contributed by atoms with van der Waals surface area (Å²) >= 11 is 1.44. The van der Waals surface area contributed by atoms with Gasteiger partial charge >= 0.3 is 0 Å². The Morgan fingerprint density at radius 1 is 1.59 bits per heavy atom. The molecule has 1 aromatic heterocycles. The van der Waals surface area contributed by atoms with Crippen LogP contribution in [-0.4, -0.2) is 43.3 Å². The lowest BCUT2D eigenvalue weighted by molar-refractivity contribution is -0.118. The average molecular weight is 274 g/mol. The molecule has 2 heterocycles. The standard InChI is InChI=1S/C10H14N2O3S2/c13-9(4-10-5-11-7-16-10)3-8-6-17(14,15)2-1-12-8/h5,7-8,12H,1-4,6H2. The summed E-state index contributed by atoms with van der Waals surface area (Å²) in [4.78, 5) is 16.6. The smallest absolute Gasteiger partial charge is 0.153 e. The molecule has 1 aliphatic heterocycles. The molecule has 0 saturated carbocycles. The predicted molar refractivity (Wildman–Crippen MR) is 65.9 cm³/mol. The van der Waals surface area contributed by atoms with Crippen LogP contribution in [0.4, 0.5) is 0 Å². The maximum absolute atomic E-state index is 11.7. The van der Waals surface area contributed by atoms with Crippen molar-refractivity contribution in [2.75, 3.05) is 18.1 Å². The summed E-state index contributed by atoms with van der Waals surface area (Å²) in [5.74, 6) is 0.303. The van der Waals surface area contributed by atoms with Crippen LogP contribution in [0.2, 0.25) is 0 Å². The molecule has 0 aromatic carbocycles. The van der Waals surface area contributed by atoms with Crippen molar-refractivity contribution < 1.29 is 13.2 Å². The molecular weight excluding hydrogens is 260 g/mol. The van der Waals surface area contributed by atoms with Crippen LogP contribution in [0.3, 0.4) is 0 Å². The summed E-state index contributed by atoms with van der Waals surface area (Å²) in [6.07, 6.45) is 2.30. The first-order chi connectivity index (χ1) is 8.05. The second kappa shape index (κ2) is 5.24. The lowest BCUT2D eigenvalue weighted by atomic mass is 10.1. The van der Waals surface area contributed by atoms with Crippen LogP contribution >= 0.6 is 11.3 Å². The number of hydrogen-bond donors (Lipinski definition) is 1. The van der Waals surface area contributed by atoms with E-state index in [0.717, 1.165) is 4.88 Å². The largest absolute Gasteiger partial charge is 0.312 e. The highest BCUT2D eigenvalue weighted by molar-refractivity contribution is 7.91. The number of rotatable bonds is 4. The molecule has 94 valence electrons. The highest BCUT2D eigenvalue weighted by Gasteiger charge is 2.25. The predicted octanol–water partition coefficient (Wildman–Crippen LogP) is 0.0314. The van der Waals surface area contributed by atoms with Gasteiger partial charge in [-0.05, 0) is 0 Å². The molecule has 1 aliphatic rings. The minimum atomic E-state index is -2.96. The van der Waals surface area contributed by atoms with Crippen LogP contribution in [0.5, 0.6) is 0 Å². The van der Waals surface area contributed by atoms with E-state index in [-0.39, 0.29) is 29.8 Å². The Kier molecular flexibility index (Phi) is 3.90. The van der Waals surface area contributed by atoms with E-state index < -0.39 is 9.84 Å². The molecule has 1 fully saturated rings. The summed E-state index contributed by atoms with van der Waals surface area (Å²) in [6, 6.07) is -0.228. The van der Waals surface area contributed by atoms with Crippen LogP contribution in [0.1, 0.15) is 11.3 Å². The minimum absolute atomic E-state index is 0.0591. The molecule has 0 aliphatic carbocycles. The fourth-order valence-corrected chi connectivity index (χ4v) is 3.94. The molecule has 5 nitrogen and oxygen atoms in total. The van der Waals surface area contributed by atoms with Crippen molar-refractivity contribution >= 4 is 27.0 Å². The van der Waals surface area contributed by atoms with E-state index in [0.29, 0.717) is 13.0 Å². The van der Waals surface area contributed by atoms with E-state index in [4.69, 9.17) is 0 Å². The van der Waals surface area contributed by atoms with E-state index >= 15 is 0 Å². The molecule has 1 saturated heterocycles. The van der Waals surface area contributed by atoms with Gasteiger partial charge in [-0.15, -0.1) is 11.3 Å². The molecule has 0 spiro atoms. The first kappa shape index (κ1) is 12.7. The zero-order valence-electron chi connectivity index (χ0n) is 9.26. The number of nitrogens with zero attached hydrogens (tertiary/aromatic N) is 1. The molecule has 7 heteroatoms. The number of ketones is 1. The first-order valence-corrected chi connectivity index (χ1v) is 8.08. The molecule has 0 bridgehead atoms. The van der Waals surface area contributed by atoms with Crippen LogP contribution < -0.4 is 5.32 Å². The van der Waals surface area contributed by atoms with Gasteiger partial charge in [0.2, 0.25) is 0 Å². The molecule has 1 unspecified atom stereocenters. The van der Waals surface area contributed by atoms with Crippen molar-refractivity contribution in [1.82, 2.24) is 10.3 Å². The third-order valence-corrected chi connectivity index (χ3v) is 5.15. The van der Waals surface area contributed by atoms with Crippen LogP contribution in [0.25, 0.3) is 0 Å². The van der Waals surface area contributed by atoms with Crippen molar-refractivity contribution in [3.05, 3.63) is 16.6 Å². The molecule has 1 atom stereocenters. The van der Waals surface area contributed by atoms with Gasteiger partial charge in [-0.2, -0.15) is 0 Å². The Morgan fingerprint density at radius 2 is 2.41 bits per heavy atom. The van der Waals surface area contributed by atoms with Crippen molar-refractivity contribution in [2.45, 2.75) is 18.9 Å². The third-order valence-electron chi connectivity index (χ3n) is 2.63. The number of carbonyl (C=O) groups excluding carboxylic acids is 1. The van der Waals surface area contributed by atoms with Gasteiger partial charge in [0.1, 0.15) is 5.78 Å². The van der Waals surface area contributed by atoms with Crippen LogP contribution in [0, 0.1) is 0 Å². The van der Waals surface area contributed by atoms with Gasteiger partial charge in [-0.1, -0.05) is 0 Å². The SMILES string of the molecule is O=C(Cc1cncs1)CC1CS(=O)(=O)CCN1. The Morgan fingerprint density at radius 3 is 3.06 bits per heavy atom. The van der Waals surface area contributed by atoms with E-state index in [1.165, 1.54) is 11.3 Å². The Labute approximate surface area is 104 Å². The highest BCUT2D eigenvalue weighted by atomic mass is 32.2. The molecular formula is C10H14N2O3S2. The lowest BCUT2D eigenvalue weighted by Crippen LogP contribution is -2.46. The quantitative estimate of drug-likeness (QED) is 0.838. The number of carbonyl (C=O) groups is 1. The fraction of sp³-hybridized carbons (Fsp3) is 0.600. The number of nitrogens with one attached hydrogen (secondary N) is 1. The maximum Gasteiger partial charge on any atom is 0.153 e. The summed E-state index contributed by atoms with van der Waals surface area (Å²) in [5.41, 5.74) is 1.69. The molecule has 0 radical (unpaired) electrons. The number of aromatic nitrogens is 1. The van der Waals surface area contributed by atoms with Gasteiger partial charge in [-0.3, -0.25) is 9.78 Å². The summed E-state index contributed by atoms with van der Waals surface area (Å²) in [6.45, 7) is 0.445. The normalized spacial score (nSPS) is 23.4. The van der Waals surface area contributed by atoms with E-state index in [1.807, 2.05) is 0 Å². The number of thiazole rings is 1. The Bertz CT molecular complexity index is 482. The Balaban J connectivity index is 1.86. The zero-order valence-corrected chi connectivity index (χ0v) is 10.9. The van der Waals surface area contributed by atoms with Crippen molar-refractivity contribution in [1.29, 1.82) is 0 Å². The molecule has 0 amide bonds. The van der Waals surface area contributed by atoms with Gasteiger partial charge in [0.15, 0.2) is 9.84 Å². The highest BCUT2D eigenvalue weighted by Crippen LogP contribution is 2.11. The Hall–Kier alpha value is -0.790. The van der Waals surface area contributed by atoms with Crippen molar-refractivity contribution in [2.24, 2.45) is 0 Å². The second-order valence-electron chi connectivity index (χ2n) is 4.15. The van der Waals surface area contributed by atoms with Crippen LogP contribution in [0.15, 0.2) is 11.7 Å². The van der Waals surface area contributed by atoms with Gasteiger partial charge in [-0.25, -0.2) is 8.42 Å². The van der Waals surface area contributed by atoms with Crippen LogP contribution in [-0.2, 0) is 21.1 Å². The van der Waals surface area contributed by atoms with Gasteiger partial charge in [0, 0.05) is 36.5 Å². The third kappa shape index (κ3) is 3.86.